The molecule has 8 nitrogen and oxygen atoms in total. The zero-order valence-electron chi connectivity index (χ0n) is 18.9. The molecule has 0 unspecified atom stereocenters. The van der Waals surface area contributed by atoms with E-state index in [2.05, 4.69) is 34.1 Å². The summed E-state index contributed by atoms with van der Waals surface area (Å²) in [5, 5.41) is 20.5. The van der Waals surface area contributed by atoms with Crippen molar-refractivity contribution in [2.75, 3.05) is 49.4 Å². The molecule has 1 aromatic carbocycles. The number of aryl methyl sites for hydroxylation is 1. The SMILES string of the molecule is CCOCCNc1nc(C)c(-c2nc3cc(NC)ccc3s2)c(N[C@H]2CC[C@@H](CO)C2)n1. The highest BCUT2D eigenvalue weighted by Crippen LogP contribution is 2.38. The molecule has 0 saturated heterocycles. The molecular weight excluding hydrogens is 424 g/mol. The molecular formula is C23H32N6O2S. The summed E-state index contributed by atoms with van der Waals surface area (Å²) in [7, 11) is 1.91. The average molecular weight is 457 g/mol. The molecule has 0 radical (unpaired) electrons. The molecule has 1 aliphatic carbocycles. The third kappa shape index (κ3) is 5.11. The molecule has 1 aliphatic rings. The van der Waals surface area contributed by atoms with Crippen molar-refractivity contribution < 1.29 is 9.84 Å². The minimum Gasteiger partial charge on any atom is -0.396 e. The maximum absolute atomic E-state index is 9.55. The van der Waals surface area contributed by atoms with Crippen LogP contribution in [-0.2, 0) is 4.74 Å². The van der Waals surface area contributed by atoms with Crippen LogP contribution in [-0.4, -0.2) is 59.5 Å². The molecule has 1 fully saturated rings. The van der Waals surface area contributed by atoms with Gasteiger partial charge in [0.05, 0.1) is 28.1 Å². The van der Waals surface area contributed by atoms with Crippen LogP contribution in [0, 0.1) is 12.8 Å². The number of hydrogen-bond acceptors (Lipinski definition) is 9. The Bertz CT molecular complexity index is 1060. The normalized spacial score (nSPS) is 18.2. The zero-order chi connectivity index (χ0) is 22.5. The number of rotatable bonds is 10. The van der Waals surface area contributed by atoms with Crippen LogP contribution in [0.2, 0.25) is 0 Å². The van der Waals surface area contributed by atoms with E-state index in [9.17, 15) is 5.11 Å². The fourth-order valence-electron chi connectivity index (χ4n) is 4.15. The van der Waals surface area contributed by atoms with E-state index >= 15 is 0 Å². The Morgan fingerprint density at radius 2 is 2.09 bits per heavy atom. The lowest BCUT2D eigenvalue weighted by Crippen LogP contribution is -2.20. The summed E-state index contributed by atoms with van der Waals surface area (Å²) in [6.45, 7) is 6.17. The van der Waals surface area contributed by atoms with Crippen molar-refractivity contribution in [3.05, 3.63) is 23.9 Å². The van der Waals surface area contributed by atoms with Gasteiger partial charge in [0.2, 0.25) is 5.95 Å². The first kappa shape index (κ1) is 22.7. The minimum absolute atomic E-state index is 0.240. The van der Waals surface area contributed by atoms with Crippen molar-refractivity contribution in [3.8, 4) is 10.6 Å². The van der Waals surface area contributed by atoms with Crippen molar-refractivity contribution >= 4 is 39.0 Å². The van der Waals surface area contributed by atoms with Gasteiger partial charge < -0.3 is 25.8 Å². The molecule has 2 aromatic heterocycles. The van der Waals surface area contributed by atoms with E-state index in [4.69, 9.17) is 19.7 Å². The summed E-state index contributed by atoms with van der Waals surface area (Å²) >= 11 is 1.65. The van der Waals surface area contributed by atoms with Gasteiger partial charge in [-0.3, -0.25) is 0 Å². The quantitative estimate of drug-likeness (QED) is 0.338. The number of fused-ring (bicyclic) bond motifs is 1. The molecule has 0 aliphatic heterocycles. The molecule has 2 atom stereocenters. The number of ether oxygens (including phenoxy) is 1. The summed E-state index contributed by atoms with van der Waals surface area (Å²) in [4.78, 5) is 14.5. The Labute approximate surface area is 192 Å². The third-order valence-corrected chi connectivity index (χ3v) is 6.91. The minimum atomic E-state index is 0.240. The van der Waals surface area contributed by atoms with Gasteiger partial charge in [-0.2, -0.15) is 4.98 Å². The van der Waals surface area contributed by atoms with E-state index in [0.717, 1.165) is 57.2 Å². The second-order valence-corrected chi connectivity index (χ2v) is 9.17. The Morgan fingerprint density at radius 3 is 2.84 bits per heavy atom. The molecule has 4 N–H and O–H groups in total. The van der Waals surface area contributed by atoms with Crippen molar-refractivity contribution in [3.63, 3.8) is 0 Å². The first-order valence-electron chi connectivity index (χ1n) is 11.3. The summed E-state index contributed by atoms with van der Waals surface area (Å²) in [6.07, 6.45) is 2.99. The first-order valence-corrected chi connectivity index (χ1v) is 12.1. The van der Waals surface area contributed by atoms with Gasteiger partial charge >= 0.3 is 0 Å². The predicted octanol–water partition coefficient (Wildman–Crippen LogP) is 4.12. The van der Waals surface area contributed by atoms with Gasteiger partial charge in [-0.05, 0) is 57.2 Å². The fourth-order valence-corrected chi connectivity index (χ4v) is 5.19. The second kappa shape index (κ2) is 10.4. The molecule has 172 valence electrons. The number of hydrogen-bond donors (Lipinski definition) is 4. The van der Waals surface area contributed by atoms with E-state index in [-0.39, 0.29) is 12.6 Å². The molecule has 32 heavy (non-hydrogen) atoms. The van der Waals surface area contributed by atoms with Crippen molar-refractivity contribution in [1.29, 1.82) is 0 Å². The van der Waals surface area contributed by atoms with Crippen molar-refractivity contribution in [2.24, 2.45) is 5.92 Å². The Balaban J connectivity index is 1.67. The van der Waals surface area contributed by atoms with Gasteiger partial charge in [-0.15, -0.1) is 11.3 Å². The van der Waals surface area contributed by atoms with E-state index in [1.54, 1.807) is 11.3 Å². The Hall–Kier alpha value is -2.49. The summed E-state index contributed by atoms with van der Waals surface area (Å²) in [6, 6.07) is 6.50. The lowest BCUT2D eigenvalue weighted by atomic mass is 10.1. The van der Waals surface area contributed by atoms with Crippen LogP contribution in [0.3, 0.4) is 0 Å². The topological polar surface area (TPSA) is 104 Å². The predicted molar refractivity (Wildman–Crippen MR) is 132 cm³/mol. The standard InChI is InChI=1S/C23H32N6O2S/c1-4-31-10-9-25-23-26-14(2)20(21(29-23)27-17-6-5-15(11-17)13-30)22-28-18-12-16(24-3)7-8-19(18)32-22/h7-8,12,15,17,24,30H,4-6,9-11,13H2,1-3H3,(H2,25,26,27,29)/t15-,17+/m1/s1. The number of benzene rings is 1. The summed E-state index contributed by atoms with van der Waals surface area (Å²) < 4.78 is 6.55. The number of aliphatic hydroxyl groups is 1. The lowest BCUT2D eigenvalue weighted by molar-refractivity contribution is 0.158. The average Bonchev–Trinajstić information content (AvgIpc) is 3.42. The van der Waals surface area contributed by atoms with E-state index < -0.39 is 0 Å². The number of aliphatic hydroxyl groups excluding tert-OH is 1. The molecule has 9 heteroatoms. The van der Waals surface area contributed by atoms with Gasteiger partial charge in [0.15, 0.2) is 0 Å². The number of nitrogens with zero attached hydrogens (tertiary/aromatic N) is 3. The molecule has 2 heterocycles. The molecule has 0 amide bonds. The number of anilines is 3. The number of nitrogens with one attached hydrogen (secondary N) is 3. The van der Waals surface area contributed by atoms with Crippen molar-refractivity contribution in [2.45, 2.75) is 39.2 Å². The van der Waals surface area contributed by atoms with E-state index in [0.29, 0.717) is 31.6 Å². The van der Waals surface area contributed by atoms with Crippen LogP contribution in [0.1, 0.15) is 31.9 Å². The van der Waals surface area contributed by atoms with Crippen LogP contribution in [0.5, 0.6) is 0 Å². The highest BCUT2D eigenvalue weighted by Gasteiger charge is 2.26. The molecule has 0 spiro atoms. The molecule has 1 saturated carbocycles. The zero-order valence-corrected chi connectivity index (χ0v) is 19.8. The molecule has 0 bridgehead atoms. The van der Waals surface area contributed by atoms with Gasteiger partial charge in [0, 0.05) is 38.5 Å². The van der Waals surface area contributed by atoms with Gasteiger partial charge in [-0.25, -0.2) is 9.97 Å². The second-order valence-electron chi connectivity index (χ2n) is 8.13. The number of thiazole rings is 1. The van der Waals surface area contributed by atoms with E-state index in [1.807, 2.05) is 20.9 Å². The maximum Gasteiger partial charge on any atom is 0.224 e. The smallest absolute Gasteiger partial charge is 0.224 e. The van der Waals surface area contributed by atoms with Crippen LogP contribution in [0.25, 0.3) is 20.8 Å². The Morgan fingerprint density at radius 1 is 1.22 bits per heavy atom. The van der Waals surface area contributed by atoms with Crippen LogP contribution < -0.4 is 16.0 Å². The van der Waals surface area contributed by atoms with E-state index in [1.165, 1.54) is 0 Å². The Kier molecular flexibility index (Phi) is 7.39. The lowest BCUT2D eigenvalue weighted by Gasteiger charge is -2.18. The van der Waals surface area contributed by atoms with Crippen LogP contribution in [0.15, 0.2) is 18.2 Å². The highest BCUT2D eigenvalue weighted by molar-refractivity contribution is 7.21. The van der Waals surface area contributed by atoms with Crippen LogP contribution >= 0.6 is 11.3 Å². The largest absolute Gasteiger partial charge is 0.396 e. The molecule has 3 aromatic rings. The summed E-state index contributed by atoms with van der Waals surface area (Å²) in [5.74, 6) is 1.74. The third-order valence-electron chi connectivity index (χ3n) is 5.85. The van der Waals surface area contributed by atoms with Gasteiger partial charge in [0.25, 0.3) is 0 Å². The molecule has 4 rings (SSSR count). The monoisotopic (exact) mass is 456 g/mol. The summed E-state index contributed by atoms with van der Waals surface area (Å²) in [5.41, 5.74) is 3.82. The highest BCUT2D eigenvalue weighted by atomic mass is 32.1. The van der Waals surface area contributed by atoms with Gasteiger partial charge in [-0.1, -0.05) is 0 Å². The number of aromatic nitrogens is 3. The van der Waals surface area contributed by atoms with Crippen molar-refractivity contribution in [1.82, 2.24) is 15.0 Å². The fraction of sp³-hybridized carbons (Fsp3) is 0.522. The van der Waals surface area contributed by atoms with Crippen LogP contribution in [0.4, 0.5) is 17.5 Å². The first-order chi connectivity index (χ1) is 15.6. The maximum atomic E-state index is 9.55. The van der Waals surface area contributed by atoms with Gasteiger partial charge in [0.1, 0.15) is 10.8 Å².